The van der Waals surface area contributed by atoms with Crippen LogP contribution in [0.15, 0.2) is 18.2 Å². The van der Waals surface area contributed by atoms with Crippen molar-refractivity contribution in [3.63, 3.8) is 0 Å². The molecule has 0 saturated carbocycles. The third kappa shape index (κ3) is 1.22. The van der Waals surface area contributed by atoms with Crippen molar-refractivity contribution in [2.45, 2.75) is 13.5 Å². The number of aryl methyl sites for hydroxylation is 2. The first-order valence-electron chi connectivity index (χ1n) is 4.58. The van der Waals surface area contributed by atoms with Gasteiger partial charge in [-0.1, -0.05) is 17.7 Å². The highest BCUT2D eigenvalue weighted by atomic mass is 35.5. The number of nitrogens with two attached hydrogens (primary N) is 1. The van der Waals surface area contributed by atoms with E-state index in [0.29, 0.717) is 6.54 Å². The molecule has 3 heteroatoms. The quantitative estimate of drug-likeness (QED) is 0.768. The largest absolute Gasteiger partial charge is 0.346 e. The first-order valence-corrected chi connectivity index (χ1v) is 4.96. The predicted octanol–water partition coefficient (Wildman–Crippen LogP) is 2.60. The van der Waals surface area contributed by atoms with Crippen molar-refractivity contribution < 1.29 is 0 Å². The van der Waals surface area contributed by atoms with Crippen molar-refractivity contribution in [2.75, 3.05) is 0 Å². The van der Waals surface area contributed by atoms with Crippen LogP contribution in [0.4, 0.5) is 0 Å². The van der Waals surface area contributed by atoms with E-state index in [2.05, 4.69) is 11.5 Å². The van der Waals surface area contributed by atoms with Gasteiger partial charge in [0.2, 0.25) is 0 Å². The lowest BCUT2D eigenvalue weighted by Crippen LogP contribution is -2.04. The molecule has 2 N–H and O–H groups in total. The van der Waals surface area contributed by atoms with E-state index < -0.39 is 0 Å². The summed E-state index contributed by atoms with van der Waals surface area (Å²) < 4.78 is 2.11. The molecule has 0 radical (unpaired) electrons. The molecule has 0 spiro atoms. The van der Waals surface area contributed by atoms with E-state index in [0.717, 1.165) is 10.5 Å². The van der Waals surface area contributed by atoms with Gasteiger partial charge in [0.05, 0.1) is 0 Å². The summed E-state index contributed by atoms with van der Waals surface area (Å²) in [6, 6.07) is 5.94. The molecule has 1 aromatic heterocycles. The van der Waals surface area contributed by atoms with E-state index in [1.807, 2.05) is 25.2 Å². The molecule has 0 atom stereocenters. The minimum absolute atomic E-state index is 0.564. The topological polar surface area (TPSA) is 30.9 Å². The SMILES string of the molecule is Cc1c(CN)n(C)c2cc(Cl)ccc12. The van der Waals surface area contributed by atoms with Crippen molar-refractivity contribution in [3.8, 4) is 0 Å². The Hall–Kier alpha value is -0.990. The molecular formula is C11H13ClN2. The second-order valence-corrected chi connectivity index (χ2v) is 3.93. The van der Waals surface area contributed by atoms with Crippen LogP contribution >= 0.6 is 11.6 Å². The molecule has 0 aliphatic heterocycles. The predicted molar refractivity (Wildman–Crippen MR) is 60.6 cm³/mol. The monoisotopic (exact) mass is 208 g/mol. The number of benzene rings is 1. The Morgan fingerprint density at radius 1 is 1.43 bits per heavy atom. The lowest BCUT2D eigenvalue weighted by atomic mass is 10.1. The molecule has 1 aromatic carbocycles. The lowest BCUT2D eigenvalue weighted by Gasteiger charge is -2.01. The summed E-state index contributed by atoms with van der Waals surface area (Å²) in [5, 5.41) is 2.00. The van der Waals surface area contributed by atoms with Crippen molar-refractivity contribution in [1.82, 2.24) is 4.57 Å². The van der Waals surface area contributed by atoms with E-state index in [9.17, 15) is 0 Å². The zero-order valence-corrected chi connectivity index (χ0v) is 9.10. The van der Waals surface area contributed by atoms with Gasteiger partial charge in [-0.3, -0.25) is 0 Å². The molecular weight excluding hydrogens is 196 g/mol. The maximum atomic E-state index is 5.95. The highest BCUT2D eigenvalue weighted by Gasteiger charge is 2.09. The van der Waals surface area contributed by atoms with Crippen LogP contribution in [0.2, 0.25) is 5.02 Å². The summed E-state index contributed by atoms with van der Waals surface area (Å²) in [4.78, 5) is 0. The molecule has 2 nitrogen and oxygen atoms in total. The molecule has 0 aliphatic carbocycles. The van der Waals surface area contributed by atoms with E-state index in [1.165, 1.54) is 16.6 Å². The molecule has 2 rings (SSSR count). The van der Waals surface area contributed by atoms with Crippen LogP contribution in [0.1, 0.15) is 11.3 Å². The summed E-state index contributed by atoms with van der Waals surface area (Å²) in [5.41, 5.74) is 9.27. The summed E-state index contributed by atoms with van der Waals surface area (Å²) in [6.45, 7) is 2.66. The second kappa shape index (κ2) is 3.30. The Morgan fingerprint density at radius 2 is 2.14 bits per heavy atom. The Morgan fingerprint density at radius 3 is 2.79 bits per heavy atom. The Kier molecular flexibility index (Phi) is 2.25. The Labute approximate surface area is 88.3 Å². The Bertz CT molecular complexity index is 485. The van der Waals surface area contributed by atoms with E-state index >= 15 is 0 Å². The number of hydrogen-bond donors (Lipinski definition) is 1. The van der Waals surface area contributed by atoms with Crippen molar-refractivity contribution in [2.24, 2.45) is 12.8 Å². The van der Waals surface area contributed by atoms with Crippen LogP contribution < -0.4 is 5.73 Å². The lowest BCUT2D eigenvalue weighted by molar-refractivity contribution is 0.841. The molecule has 2 aromatic rings. The summed E-state index contributed by atoms with van der Waals surface area (Å²) in [6.07, 6.45) is 0. The molecule has 0 amide bonds. The van der Waals surface area contributed by atoms with Crippen LogP contribution in [0.3, 0.4) is 0 Å². The van der Waals surface area contributed by atoms with Gasteiger partial charge in [0.1, 0.15) is 0 Å². The number of aromatic nitrogens is 1. The van der Waals surface area contributed by atoms with Crippen LogP contribution in [0.5, 0.6) is 0 Å². The van der Waals surface area contributed by atoms with Gasteiger partial charge in [-0.25, -0.2) is 0 Å². The van der Waals surface area contributed by atoms with Crippen LogP contribution in [0, 0.1) is 6.92 Å². The first-order chi connectivity index (χ1) is 6.65. The van der Waals surface area contributed by atoms with Crippen LogP contribution in [0.25, 0.3) is 10.9 Å². The minimum atomic E-state index is 0.564. The van der Waals surface area contributed by atoms with Gasteiger partial charge >= 0.3 is 0 Å². The standard InChI is InChI=1S/C11H13ClN2/c1-7-9-4-3-8(12)5-10(9)14(2)11(7)6-13/h3-5H,6,13H2,1-2H3. The fourth-order valence-electron chi connectivity index (χ4n) is 1.94. The highest BCUT2D eigenvalue weighted by molar-refractivity contribution is 6.31. The zero-order valence-electron chi connectivity index (χ0n) is 8.34. The number of nitrogens with zero attached hydrogens (tertiary/aromatic N) is 1. The third-order valence-corrected chi connectivity index (χ3v) is 2.99. The molecule has 74 valence electrons. The van der Waals surface area contributed by atoms with Gasteiger partial charge in [-0.2, -0.15) is 0 Å². The first kappa shape index (κ1) is 9.56. The number of hydrogen-bond acceptors (Lipinski definition) is 1. The Balaban J connectivity index is 2.87. The molecule has 1 heterocycles. The third-order valence-electron chi connectivity index (χ3n) is 2.76. The number of rotatable bonds is 1. The molecule has 0 bridgehead atoms. The average Bonchev–Trinajstić information content (AvgIpc) is 2.39. The van der Waals surface area contributed by atoms with E-state index in [1.54, 1.807) is 0 Å². The van der Waals surface area contributed by atoms with E-state index in [-0.39, 0.29) is 0 Å². The van der Waals surface area contributed by atoms with Gasteiger partial charge < -0.3 is 10.3 Å². The normalized spacial score (nSPS) is 11.1. The molecule has 0 unspecified atom stereocenters. The molecule has 14 heavy (non-hydrogen) atoms. The fourth-order valence-corrected chi connectivity index (χ4v) is 2.11. The van der Waals surface area contributed by atoms with Gasteiger partial charge in [0.15, 0.2) is 0 Å². The van der Waals surface area contributed by atoms with Gasteiger partial charge in [-0.15, -0.1) is 0 Å². The maximum Gasteiger partial charge on any atom is 0.0498 e. The van der Waals surface area contributed by atoms with Crippen molar-refractivity contribution in [3.05, 3.63) is 34.5 Å². The smallest absolute Gasteiger partial charge is 0.0498 e. The fraction of sp³-hybridized carbons (Fsp3) is 0.273. The maximum absolute atomic E-state index is 5.95. The molecule has 0 aliphatic rings. The summed E-state index contributed by atoms with van der Waals surface area (Å²) in [7, 11) is 2.02. The minimum Gasteiger partial charge on any atom is -0.346 e. The molecule has 0 fully saturated rings. The van der Waals surface area contributed by atoms with Crippen molar-refractivity contribution >= 4 is 22.5 Å². The van der Waals surface area contributed by atoms with Gasteiger partial charge in [0.25, 0.3) is 0 Å². The summed E-state index contributed by atoms with van der Waals surface area (Å²) in [5.74, 6) is 0. The van der Waals surface area contributed by atoms with E-state index in [4.69, 9.17) is 17.3 Å². The second-order valence-electron chi connectivity index (χ2n) is 3.50. The zero-order chi connectivity index (χ0) is 10.3. The van der Waals surface area contributed by atoms with Crippen LogP contribution in [-0.2, 0) is 13.6 Å². The number of fused-ring (bicyclic) bond motifs is 1. The van der Waals surface area contributed by atoms with Gasteiger partial charge in [0, 0.05) is 35.2 Å². The highest BCUT2D eigenvalue weighted by Crippen LogP contribution is 2.26. The number of halogens is 1. The van der Waals surface area contributed by atoms with Crippen LogP contribution in [-0.4, -0.2) is 4.57 Å². The average molecular weight is 209 g/mol. The molecule has 0 saturated heterocycles. The van der Waals surface area contributed by atoms with Crippen molar-refractivity contribution in [1.29, 1.82) is 0 Å². The van der Waals surface area contributed by atoms with Gasteiger partial charge in [-0.05, 0) is 24.6 Å². The summed E-state index contributed by atoms with van der Waals surface area (Å²) >= 11 is 5.95.